The molecule has 5 nitrogen and oxygen atoms in total. The predicted octanol–water partition coefficient (Wildman–Crippen LogP) is 0.363. The number of carbonyl (C=O) groups excluding carboxylic acids is 1. The molecule has 0 aliphatic heterocycles. The van der Waals surface area contributed by atoms with E-state index in [0.29, 0.717) is 5.57 Å². The van der Waals surface area contributed by atoms with Gasteiger partial charge in [-0.25, -0.2) is 4.79 Å². The van der Waals surface area contributed by atoms with E-state index < -0.39 is 11.8 Å². The number of allylic oxidation sites excluding steroid dienone is 5. The first-order chi connectivity index (χ1) is 6.63. The standard InChI is InChI=1S/C9H6N2O3/c10-11-7-5-6(1-3-8(7)12)2-4-9(13)14/h1-5H,(H,13,14)/b4-2+. The van der Waals surface area contributed by atoms with Gasteiger partial charge in [0.05, 0.1) is 0 Å². The Labute approximate surface area is 79.3 Å². The minimum Gasteiger partial charge on any atom is -0.478 e. The topological polar surface area (TPSA) is 90.8 Å². The van der Waals surface area contributed by atoms with Crippen LogP contribution in [0.25, 0.3) is 5.53 Å². The molecule has 0 aromatic rings. The largest absolute Gasteiger partial charge is 0.478 e. The molecule has 0 aromatic heterocycles. The van der Waals surface area contributed by atoms with E-state index in [1.807, 2.05) is 0 Å². The van der Waals surface area contributed by atoms with Crippen molar-refractivity contribution >= 4 is 17.5 Å². The van der Waals surface area contributed by atoms with Crippen LogP contribution in [0, 0.1) is 0 Å². The van der Waals surface area contributed by atoms with Crippen LogP contribution >= 0.6 is 0 Å². The quantitative estimate of drug-likeness (QED) is 0.295. The van der Waals surface area contributed by atoms with E-state index in [0.717, 1.165) is 6.08 Å². The second-order valence-electron chi connectivity index (χ2n) is 2.50. The van der Waals surface area contributed by atoms with Crippen LogP contribution in [0.1, 0.15) is 0 Å². The minimum atomic E-state index is -1.08. The first kappa shape index (κ1) is 9.83. The summed E-state index contributed by atoms with van der Waals surface area (Å²) in [5, 5.41) is 8.33. The van der Waals surface area contributed by atoms with Crippen molar-refractivity contribution in [3.05, 3.63) is 41.5 Å². The third-order valence-corrected chi connectivity index (χ3v) is 1.51. The van der Waals surface area contributed by atoms with Gasteiger partial charge in [0.25, 0.3) is 5.78 Å². The second kappa shape index (κ2) is 4.11. The van der Waals surface area contributed by atoms with E-state index in [1.165, 1.54) is 24.3 Å². The van der Waals surface area contributed by atoms with Crippen LogP contribution in [-0.2, 0) is 9.59 Å². The summed E-state index contributed by atoms with van der Waals surface area (Å²) in [5.74, 6) is -1.50. The zero-order valence-electron chi connectivity index (χ0n) is 7.04. The van der Waals surface area contributed by atoms with Gasteiger partial charge >= 0.3 is 11.7 Å². The van der Waals surface area contributed by atoms with Crippen LogP contribution < -0.4 is 0 Å². The summed E-state index contributed by atoms with van der Waals surface area (Å²) in [6, 6.07) is 0. The van der Waals surface area contributed by atoms with Gasteiger partial charge in [0.1, 0.15) is 0 Å². The Hall–Kier alpha value is -2.26. The molecule has 0 radical (unpaired) electrons. The van der Waals surface area contributed by atoms with Gasteiger partial charge in [-0.15, -0.1) is 0 Å². The molecule has 0 heterocycles. The average molecular weight is 190 g/mol. The third-order valence-electron chi connectivity index (χ3n) is 1.51. The molecule has 1 aliphatic rings. The Morgan fingerprint density at radius 2 is 2.21 bits per heavy atom. The van der Waals surface area contributed by atoms with Crippen molar-refractivity contribution in [3.63, 3.8) is 0 Å². The second-order valence-corrected chi connectivity index (χ2v) is 2.50. The number of carboxylic acids is 1. The van der Waals surface area contributed by atoms with Crippen LogP contribution in [0.3, 0.4) is 0 Å². The molecule has 0 saturated carbocycles. The van der Waals surface area contributed by atoms with Gasteiger partial charge in [0.15, 0.2) is 0 Å². The number of carboxylic acid groups (broad SMARTS) is 1. The molecule has 14 heavy (non-hydrogen) atoms. The summed E-state index contributed by atoms with van der Waals surface area (Å²) in [6.07, 6.45) is 6.17. The first-order valence-corrected chi connectivity index (χ1v) is 3.70. The molecule has 70 valence electrons. The summed E-state index contributed by atoms with van der Waals surface area (Å²) in [5.41, 5.74) is 8.78. The van der Waals surface area contributed by atoms with E-state index in [1.54, 1.807) is 0 Å². The fourth-order valence-electron chi connectivity index (χ4n) is 0.884. The maximum Gasteiger partial charge on any atom is 0.362 e. The number of rotatable bonds is 2. The summed E-state index contributed by atoms with van der Waals surface area (Å²) < 4.78 is 0. The van der Waals surface area contributed by atoms with Gasteiger partial charge in [0.2, 0.25) is 0 Å². The lowest BCUT2D eigenvalue weighted by Crippen LogP contribution is -2.13. The Balaban J connectivity index is 2.94. The monoisotopic (exact) mass is 190 g/mol. The zero-order chi connectivity index (χ0) is 10.6. The first-order valence-electron chi connectivity index (χ1n) is 3.70. The predicted molar refractivity (Wildman–Crippen MR) is 47.6 cm³/mol. The van der Waals surface area contributed by atoms with Gasteiger partial charge in [0, 0.05) is 12.2 Å². The van der Waals surface area contributed by atoms with Crippen molar-refractivity contribution in [3.8, 4) is 0 Å². The van der Waals surface area contributed by atoms with Crippen LogP contribution in [-0.4, -0.2) is 27.4 Å². The van der Waals surface area contributed by atoms with Gasteiger partial charge in [-0.05, 0) is 17.7 Å². The molecule has 0 fully saturated rings. The Kier molecular flexibility index (Phi) is 2.89. The fraction of sp³-hybridized carbons (Fsp3) is 0. The molecular formula is C9H6N2O3. The maximum atomic E-state index is 10.9. The SMILES string of the molecule is [N-]=[N+]=C1C=C(/C=C/C(=O)O)C=CC1=O. The molecule has 0 bridgehead atoms. The van der Waals surface area contributed by atoms with Gasteiger partial charge in [-0.2, -0.15) is 4.79 Å². The van der Waals surface area contributed by atoms with Crippen molar-refractivity contribution in [2.75, 3.05) is 0 Å². The zero-order valence-corrected chi connectivity index (χ0v) is 7.04. The van der Waals surface area contributed by atoms with Crippen molar-refractivity contribution < 1.29 is 19.5 Å². The number of carbonyl (C=O) groups is 2. The maximum absolute atomic E-state index is 10.9. The normalized spacial score (nSPS) is 15.6. The third kappa shape index (κ3) is 2.36. The molecule has 0 spiro atoms. The van der Waals surface area contributed by atoms with Crippen molar-refractivity contribution in [1.82, 2.24) is 0 Å². The van der Waals surface area contributed by atoms with Gasteiger partial charge in [-0.3, -0.25) is 4.79 Å². The smallest absolute Gasteiger partial charge is 0.362 e. The highest BCUT2D eigenvalue weighted by Gasteiger charge is 2.17. The summed E-state index contributed by atoms with van der Waals surface area (Å²) in [6.45, 7) is 0. The Morgan fingerprint density at radius 3 is 2.79 bits per heavy atom. The molecule has 0 atom stereocenters. The number of hydrogen-bond donors (Lipinski definition) is 1. The van der Waals surface area contributed by atoms with E-state index in [9.17, 15) is 9.59 Å². The molecule has 0 unspecified atom stereocenters. The van der Waals surface area contributed by atoms with E-state index in [2.05, 4.69) is 4.79 Å². The summed E-state index contributed by atoms with van der Waals surface area (Å²) in [7, 11) is 0. The molecule has 0 saturated heterocycles. The van der Waals surface area contributed by atoms with Gasteiger partial charge in [-0.1, -0.05) is 6.08 Å². The molecule has 1 rings (SSSR count). The number of ketones is 1. The highest BCUT2D eigenvalue weighted by atomic mass is 16.4. The molecular weight excluding hydrogens is 184 g/mol. The Morgan fingerprint density at radius 1 is 1.50 bits per heavy atom. The van der Waals surface area contributed by atoms with Crippen LogP contribution in [0.5, 0.6) is 0 Å². The van der Waals surface area contributed by atoms with Crippen LogP contribution in [0.15, 0.2) is 36.0 Å². The summed E-state index contributed by atoms with van der Waals surface area (Å²) >= 11 is 0. The lowest BCUT2D eigenvalue weighted by atomic mass is 10.0. The van der Waals surface area contributed by atoms with E-state index in [4.69, 9.17) is 10.6 Å². The van der Waals surface area contributed by atoms with E-state index in [-0.39, 0.29) is 5.71 Å². The fourth-order valence-corrected chi connectivity index (χ4v) is 0.884. The lowest BCUT2D eigenvalue weighted by Gasteiger charge is -1.95. The highest BCUT2D eigenvalue weighted by Crippen LogP contribution is 2.05. The van der Waals surface area contributed by atoms with Crippen molar-refractivity contribution in [1.29, 1.82) is 0 Å². The van der Waals surface area contributed by atoms with Gasteiger partial charge < -0.3 is 10.6 Å². The highest BCUT2D eigenvalue weighted by molar-refractivity contribution is 6.46. The molecule has 5 heteroatoms. The van der Waals surface area contributed by atoms with Crippen LogP contribution in [0.2, 0.25) is 0 Å². The number of hydrogen-bond acceptors (Lipinski definition) is 2. The summed E-state index contributed by atoms with van der Waals surface area (Å²) in [4.78, 5) is 23.9. The molecule has 0 amide bonds. The van der Waals surface area contributed by atoms with Crippen molar-refractivity contribution in [2.24, 2.45) is 0 Å². The molecule has 0 aromatic carbocycles. The average Bonchev–Trinajstić information content (AvgIpc) is 2.16. The molecule has 1 aliphatic carbocycles. The number of aliphatic carboxylic acids is 1. The minimum absolute atomic E-state index is 0.113. The van der Waals surface area contributed by atoms with Crippen LogP contribution in [0.4, 0.5) is 0 Å². The Bertz CT molecular complexity index is 423. The number of nitrogens with zero attached hydrogens (tertiary/aromatic N) is 2. The van der Waals surface area contributed by atoms with Crippen molar-refractivity contribution in [2.45, 2.75) is 0 Å². The van der Waals surface area contributed by atoms with E-state index >= 15 is 0 Å². The molecule has 1 N–H and O–H groups in total. The lowest BCUT2D eigenvalue weighted by molar-refractivity contribution is -0.131.